The van der Waals surface area contributed by atoms with Crippen LogP contribution in [0.1, 0.15) is 17.5 Å². The highest BCUT2D eigenvalue weighted by atomic mass is 35.5. The highest BCUT2D eigenvalue weighted by Crippen LogP contribution is 2.28. The minimum atomic E-state index is 0. The van der Waals surface area contributed by atoms with Gasteiger partial charge in [0.15, 0.2) is 0 Å². The van der Waals surface area contributed by atoms with Crippen LogP contribution in [-0.2, 0) is 17.7 Å². The summed E-state index contributed by atoms with van der Waals surface area (Å²) >= 11 is 0. The van der Waals surface area contributed by atoms with Crippen molar-refractivity contribution in [2.45, 2.75) is 19.4 Å². The Balaban J connectivity index is 0.00000144. The lowest BCUT2D eigenvalue weighted by atomic mass is 10.0. The molecule has 1 aromatic heterocycles. The Bertz CT molecular complexity index is 734. The number of aromatic nitrogens is 1. The number of likely N-dealkylation sites (N-methyl/N-ethyl adjacent to an activating group) is 1. The smallest absolute Gasteiger partial charge is 0.253 e. The van der Waals surface area contributed by atoms with E-state index in [4.69, 9.17) is 4.74 Å². The molecule has 0 radical (unpaired) electrons. The Labute approximate surface area is 154 Å². The first kappa shape index (κ1) is 20.8. The van der Waals surface area contributed by atoms with Crippen molar-refractivity contribution in [3.63, 3.8) is 0 Å². The number of nitrogens with one attached hydrogen (secondary N) is 2. The average molecular weight is 374 g/mol. The first-order valence-electron chi connectivity index (χ1n) is 7.78. The molecule has 0 fully saturated rings. The molecule has 1 aromatic carbocycles. The Hall–Kier alpha value is -1.27. The molecule has 0 atom stereocenters. The number of methoxy groups -OCH3 is 1. The molecule has 0 amide bonds. The molecule has 0 saturated heterocycles. The summed E-state index contributed by atoms with van der Waals surface area (Å²) in [6, 6.07) is 6.33. The van der Waals surface area contributed by atoms with Crippen LogP contribution < -0.4 is 10.9 Å². The van der Waals surface area contributed by atoms with Gasteiger partial charge in [0.25, 0.3) is 5.56 Å². The van der Waals surface area contributed by atoms with E-state index in [0.717, 1.165) is 61.2 Å². The van der Waals surface area contributed by atoms with Gasteiger partial charge in [0.05, 0.1) is 17.8 Å². The third-order valence-electron chi connectivity index (χ3n) is 4.21. The molecule has 0 spiro atoms. The summed E-state index contributed by atoms with van der Waals surface area (Å²) in [5, 5.41) is 4.50. The highest BCUT2D eigenvalue weighted by molar-refractivity contribution is 5.93. The molecule has 0 bridgehead atoms. The van der Waals surface area contributed by atoms with Crippen LogP contribution in [0.15, 0.2) is 23.0 Å². The summed E-state index contributed by atoms with van der Waals surface area (Å²) in [6.07, 6.45) is 1.87. The van der Waals surface area contributed by atoms with Gasteiger partial charge in [-0.05, 0) is 31.5 Å². The largest absolute Gasteiger partial charge is 0.384 e. The van der Waals surface area contributed by atoms with Crippen molar-refractivity contribution >= 4 is 41.4 Å². The van der Waals surface area contributed by atoms with Gasteiger partial charge >= 0.3 is 0 Å². The quantitative estimate of drug-likeness (QED) is 0.845. The third-order valence-corrected chi connectivity index (χ3v) is 4.21. The number of pyridine rings is 1. The predicted molar refractivity (Wildman–Crippen MR) is 104 cm³/mol. The molecule has 2 heterocycles. The number of nitrogens with zero attached hydrogens (tertiary/aromatic N) is 1. The number of halogens is 2. The molecule has 3 rings (SSSR count). The van der Waals surface area contributed by atoms with Crippen LogP contribution in [0.2, 0.25) is 0 Å². The van der Waals surface area contributed by atoms with Crippen molar-refractivity contribution in [2.75, 3.05) is 39.2 Å². The topological polar surface area (TPSA) is 57.4 Å². The average Bonchev–Trinajstić information content (AvgIpc) is 2.53. The van der Waals surface area contributed by atoms with E-state index in [1.807, 2.05) is 0 Å². The van der Waals surface area contributed by atoms with Crippen molar-refractivity contribution in [2.24, 2.45) is 0 Å². The van der Waals surface area contributed by atoms with Crippen molar-refractivity contribution < 1.29 is 4.74 Å². The number of fused-ring (bicyclic) bond motifs is 3. The number of aromatic amines is 1. The number of H-pyrrole nitrogens is 1. The summed E-state index contributed by atoms with van der Waals surface area (Å²) in [5.41, 5.74) is 4.06. The second-order valence-corrected chi connectivity index (χ2v) is 5.95. The maximum absolute atomic E-state index is 12.2. The van der Waals surface area contributed by atoms with E-state index in [1.54, 1.807) is 7.11 Å². The first-order valence-corrected chi connectivity index (χ1v) is 7.78. The van der Waals surface area contributed by atoms with E-state index >= 15 is 0 Å². The van der Waals surface area contributed by atoms with Crippen molar-refractivity contribution in [3.8, 4) is 0 Å². The van der Waals surface area contributed by atoms with Crippen LogP contribution in [0.25, 0.3) is 10.9 Å². The van der Waals surface area contributed by atoms with Gasteiger partial charge in [0.1, 0.15) is 0 Å². The van der Waals surface area contributed by atoms with Gasteiger partial charge in [0.2, 0.25) is 0 Å². The minimum absolute atomic E-state index is 0. The van der Waals surface area contributed by atoms with E-state index in [0.29, 0.717) is 0 Å². The Morgan fingerprint density at radius 1 is 1.29 bits per heavy atom. The molecule has 0 aliphatic carbocycles. The summed E-state index contributed by atoms with van der Waals surface area (Å²) in [7, 11) is 3.78. The van der Waals surface area contributed by atoms with E-state index in [1.165, 1.54) is 5.56 Å². The van der Waals surface area contributed by atoms with Crippen molar-refractivity contribution in [1.82, 2.24) is 9.88 Å². The number of ether oxygens (including phenoxy) is 1. The zero-order valence-corrected chi connectivity index (χ0v) is 15.7. The number of rotatable bonds is 5. The van der Waals surface area contributed by atoms with Gasteiger partial charge in [-0.3, -0.25) is 9.69 Å². The van der Waals surface area contributed by atoms with Crippen molar-refractivity contribution in [3.05, 3.63) is 39.7 Å². The number of benzene rings is 1. The van der Waals surface area contributed by atoms with E-state index < -0.39 is 0 Å². The van der Waals surface area contributed by atoms with Crippen LogP contribution >= 0.6 is 24.8 Å². The molecule has 134 valence electrons. The molecule has 1 aliphatic rings. The Kier molecular flexibility index (Phi) is 8.03. The number of hydrogen-bond donors (Lipinski definition) is 2. The standard InChI is InChI=1S/C17H23N3O2.2ClH/c1-20(8-9-22-2)11-12-5-6-13-15(10-12)19-17(21)14-4-3-7-18-16(13)14;;/h5-6,10,18H,3-4,7-9,11H2,1-2H3,(H,19,21);2*1H. The summed E-state index contributed by atoms with van der Waals surface area (Å²) in [6.45, 7) is 3.38. The van der Waals surface area contributed by atoms with Crippen LogP contribution in [0.4, 0.5) is 5.69 Å². The molecule has 1 aliphatic heterocycles. The zero-order chi connectivity index (χ0) is 15.5. The molecule has 7 heteroatoms. The third kappa shape index (κ3) is 4.42. The van der Waals surface area contributed by atoms with Crippen LogP contribution in [0.3, 0.4) is 0 Å². The van der Waals surface area contributed by atoms with E-state index in [-0.39, 0.29) is 30.4 Å². The lowest BCUT2D eigenvalue weighted by molar-refractivity contribution is 0.158. The van der Waals surface area contributed by atoms with Crippen LogP contribution in [-0.4, -0.2) is 43.7 Å². The zero-order valence-electron chi connectivity index (χ0n) is 14.1. The SMILES string of the molecule is COCCN(C)Cc1ccc2c3c(c(=O)[nH]c2c1)CCCN3.Cl.Cl. The van der Waals surface area contributed by atoms with Crippen LogP contribution in [0.5, 0.6) is 0 Å². The predicted octanol–water partition coefficient (Wildman–Crippen LogP) is 2.81. The van der Waals surface area contributed by atoms with Gasteiger partial charge < -0.3 is 15.0 Å². The summed E-state index contributed by atoms with van der Waals surface area (Å²) < 4.78 is 5.10. The van der Waals surface area contributed by atoms with Gasteiger partial charge in [-0.1, -0.05) is 12.1 Å². The normalized spacial score (nSPS) is 13.0. The summed E-state index contributed by atoms with van der Waals surface area (Å²) in [4.78, 5) is 17.5. The van der Waals surface area contributed by atoms with Gasteiger partial charge in [-0.25, -0.2) is 0 Å². The Morgan fingerprint density at radius 2 is 2.08 bits per heavy atom. The van der Waals surface area contributed by atoms with Gasteiger partial charge in [-0.15, -0.1) is 24.8 Å². The maximum Gasteiger partial charge on any atom is 0.253 e. The molecule has 2 aromatic rings. The lowest BCUT2D eigenvalue weighted by Crippen LogP contribution is -2.23. The second-order valence-electron chi connectivity index (χ2n) is 5.95. The fourth-order valence-corrected chi connectivity index (χ4v) is 3.04. The fourth-order valence-electron chi connectivity index (χ4n) is 3.04. The molecule has 24 heavy (non-hydrogen) atoms. The fraction of sp³-hybridized carbons (Fsp3) is 0.471. The van der Waals surface area contributed by atoms with Crippen LogP contribution in [0, 0.1) is 0 Å². The molecule has 0 saturated carbocycles. The highest BCUT2D eigenvalue weighted by Gasteiger charge is 2.16. The molecule has 5 nitrogen and oxygen atoms in total. The second kappa shape index (κ2) is 9.28. The van der Waals surface area contributed by atoms with Crippen molar-refractivity contribution in [1.29, 1.82) is 0 Å². The van der Waals surface area contributed by atoms with E-state index in [2.05, 4.69) is 40.4 Å². The summed E-state index contributed by atoms with van der Waals surface area (Å²) in [5.74, 6) is 0. The number of anilines is 1. The lowest BCUT2D eigenvalue weighted by Gasteiger charge is -2.20. The van der Waals surface area contributed by atoms with Gasteiger partial charge in [0, 0.05) is 37.7 Å². The maximum atomic E-state index is 12.2. The monoisotopic (exact) mass is 373 g/mol. The molecule has 2 N–H and O–H groups in total. The van der Waals surface area contributed by atoms with Gasteiger partial charge in [-0.2, -0.15) is 0 Å². The first-order chi connectivity index (χ1) is 10.7. The molecule has 0 unspecified atom stereocenters. The molecular weight excluding hydrogens is 349 g/mol. The van der Waals surface area contributed by atoms with E-state index in [9.17, 15) is 4.79 Å². The number of hydrogen-bond acceptors (Lipinski definition) is 4. The minimum Gasteiger partial charge on any atom is -0.384 e. The molecular formula is C17H25Cl2N3O2. The Morgan fingerprint density at radius 3 is 2.83 bits per heavy atom.